The summed E-state index contributed by atoms with van der Waals surface area (Å²) in [4.78, 5) is 11.1. The van der Waals surface area contributed by atoms with E-state index >= 15 is 0 Å². The highest BCUT2D eigenvalue weighted by atomic mass is 35.5. The SMILES string of the molecule is CCC(C(=O)O)C(O)(/C=N/Nc1cc(OC(C)C)c(Cl)cc1Cl)C(F)(F)F. The highest BCUT2D eigenvalue weighted by Crippen LogP contribution is 2.38. The lowest BCUT2D eigenvalue weighted by molar-refractivity contribution is -0.248. The molecule has 1 aromatic carbocycles. The fourth-order valence-electron chi connectivity index (χ4n) is 2.19. The number of hydrogen-bond donors (Lipinski definition) is 3. The number of carboxylic acids is 1. The van der Waals surface area contributed by atoms with Crippen molar-refractivity contribution in [2.45, 2.75) is 45.1 Å². The second kappa shape index (κ2) is 8.99. The van der Waals surface area contributed by atoms with Gasteiger partial charge in [-0.3, -0.25) is 10.2 Å². The van der Waals surface area contributed by atoms with E-state index in [1.54, 1.807) is 13.8 Å². The molecular formula is C16H19Cl2F3N2O4. The number of benzene rings is 1. The number of ether oxygens (including phenoxy) is 1. The lowest BCUT2D eigenvalue weighted by Crippen LogP contribution is -2.55. The van der Waals surface area contributed by atoms with Crippen molar-refractivity contribution in [2.24, 2.45) is 11.0 Å². The molecule has 6 nitrogen and oxygen atoms in total. The molecule has 1 aromatic rings. The molecule has 0 heterocycles. The molecule has 152 valence electrons. The average molecular weight is 431 g/mol. The van der Waals surface area contributed by atoms with E-state index in [9.17, 15) is 23.1 Å². The van der Waals surface area contributed by atoms with Crippen molar-refractivity contribution in [3.05, 3.63) is 22.2 Å². The number of aliphatic hydroxyl groups is 1. The number of aliphatic carboxylic acids is 1. The Morgan fingerprint density at radius 3 is 2.37 bits per heavy atom. The van der Waals surface area contributed by atoms with Crippen LogP contribution >= 0.6 is 23.2 Å². The fourth-order valence-corrected chi connectivity index (χ4v) is 2.66. The third-order valence-corrected chi connectivity index (χ3v) is 4.13. The number of alkyl halides is 3. The Hall–Kier alpha value is -1.71. The van der Waals surface area contributed by atoms with Crippen LogP contribution in [0.3, 0.4) is 0 Å². The summed E-state index contributed by atoms with van der Waals surface area (Å²) < 4.78 is 45.3. The van der Waals surface area contributed by atoms with Crippen LogP contribution in [0.2, 0.25) is 10.0 Å². The number of rotatable bonds is 8. The van der Waals surface area contributed by atoms with Gasteiger partial charge in [-0.15, -0.1) is 0 Å². The second-order valence-corrected chi connectivity index (χ2v) is 6.74. The Kier molecular flexibility index (Phi) is 7.76. The van der Waals surface area contributed by atoms with Gasteiger partial charge in [0.15, 0.2) is 0 Å². The van der Waals surface area contributed by atoms with Crippen LogP contribution in [0.5, 0.6) is 5.75 Å². The molecule has 0 bridgehead atoms. The first-order valence-corrected chi connectivity index (χ1v) is 8.56. The van der Waals surface area contributed by atoms with Gasteiger partial charge in [-0.2, -0.15) is 18.3 Å². The molecule has 0 aromatic heterocycles. The minimum atomic E-state index is -5.26. The summed E-state index contributed by atoms with van der Waals surface area (Å²) in [6.07, 6.45) is -5.85. The monoisotopic (exact) mass is 430 g/mol. The summed E-state index contributed by atoms with van der Waals surface area (Å²) in [6, 6.07) is 2.63. The van der Waals surface area contributed by atoms with Crippen LogP contribution in [-0.4, -0.2) is 40.3 Å². The number of anilines is 1. The lowest BCUT2D eigenvalue weighted by atomic mass is 9.85. The number of nitrogens with one attached hydrogen (secondary N) is 1. The zero-order valence-electron chi connectivity index (χ0n) is 14.6. The van der Waals surface area contributed by atoms with Crippen molar-refractivity contribution in [1.29, 1.82) is 0 Å². The maximum atomic E-state index is 13.3. The van der Waals surface area contributed by atoms with Crippen molar-refractivity contribution in [3.8, 4) is 5.75 Å². The van der Waals surface area contributed by atoms with E-state index in [1.165, 1.54) is 19.1 Å². The van der Waals surface area contributed by atoms with Crippen LogP contribution in [0.4, 0.5) is 18.9 Å². The van der Waals surface area contributed by atoms with Crippen LogP contribution in [0.25, 0.3) is 0 Å². The topological polar surface area (TPSA) is 91.2 Å². The van der Waals surface area contributed by atoms with Crippen molar-refractivity contribution in [1.82, 2.24) is 0 Å². The number of nitrogens with zero attached hydrogens (tertiary/aromatic N) is 1. The molecule has 11 heteroatoms. The number of hydrogen-bond acceptors (Lipinski definition) is 5. The molecule has 0 aliphatic rings. The van der Waals surface area contributed by atoms with Crippen molar-refractivity contribution < 1.29 is 32.9 Å². The van der Waals surface area contributed by atoms with Gasteiger partial charge in [0, 0.05) is 6.07 Å². The van der Waals surface area contributed by atoms with Crippen LogP contribution in [-0.2, 0) is 4.79 Å². The fraction of sp³-hybridized carbons (Fsp3) is 0.500. The standard InChI is InChI=1S/C16H19Cl2F3N2O4/c1-4-9(14(24)25)15(26,16(19,20)21)7-22-23-12-6-13(27-8(2)3)11(18)5-10(12)17/h5-9,23,26H,4H2,1-3H3,(H,24,25)/b22-7+. The third kappa shape index (κ3) is 5.63. The molecule has 0 saturated carbocycles. The van der Waals surface area contributed by atoms with Gasteiger partial charge in [-0.05, 0) is 26.3 Å². The van der Waals surface area contributed by atoms with E-state index < -0.39 is 30.1 Å². The molecular weight excluding hydrogens is 412 g/mol. The van der Waals surface area contributed by atoms with E-state index in [2.05, 4.69) is 10.5 Å². The normalized spacial score (nSPS) is 15.6. The number of hydrazone groups is 1. The van der Waals surface area contributed by atoms with E-state index in [-0.39, 0.29) is 33.8 Å². The van der Waals surface area contributed by atoms with Gasteiger partial charge in [0.05, 0.1) is 34.0 Å². The molecule has 0 fully saturated rings. The Balaban J connectivity index is 3.19. The Labute approximate surface area is 163 Å². The Morgan fingerprint density at radius 2 is 1.93 bits per heavy atom. The van der Waals surface area contributed by atoms with Gasteiger partial charge < -0.3 is 14.9 Å². The second-order valence-electron chi connectivity index (χ2n) is 5.92. The van der Waals surface area contributed by atoms with Crippen LogP contribution < -0.4 is 10.2 Å². The van der Waals surface area contributed by atoms with Gasteiger partial charge in [-0.25, -0.2) is 0 Å². The van der Waals surface area contributed by atoms with E-state index in [1.807, 2.05) is 0 Å². The van der Waals surface area contributed by atoms with Gasteiger partial charge in [0.2, 0.25) is 5.60 Å². The number of halogens is 5. The van der Waals surface area contributed by atoms with Crippen LogP contribution in [0, 0.1) is 5.92 Å². The summed E-state index contributed by atoms with van der Waals surface area (Å²) >= 11 is 11.9. The molecule has 3 N–H and O–H groups in total. The van der Waals surface area contributed by atoms with Crippen LogP contribution in [0.15, 0.2) is 17.2 Å². The molecule has 2 unspecified atom stereocenters. The zero-order valence-corrected chi connectivity index (χ0v) is 16.2. The average Bonchev–Trinajstić information content (AvgIpc) is 2.50. The largest absolute Gasteiger partial charge is 0.489 e. The predicted molar refractivity (Wildman–Crippen MR) is 96.8 cm³/mol. The molecule has 0 radical (unpaired) electrons. The summed E-state index contributed by atoms with van der Waals surface area (Å²) in [5.74, 6) is -3.72. The van der Waals surface area contributed by atoms with E-state index in [0.29, 0.717) is 0 Å². The van der Waals surface area contributed by atoms with Crippen molar-refractivity contribution in [3.63, 3.8) is 0 Å². The summed E-state index contributed by atoms with van der Waals surface area (Å²) in [7, 11) is 0. The smallest absolute Gasteiger partial charge is 0.423 e. The number of carboxylic acid groups (broad SMARTS) is 1. The maximum absolute atomic E-state index is 13.3. The Morgan fingerprint density at radius 1 is 1.33 bits per heavy atom. The van der Waals surface area contributed by atoms with E-state index in [4.69, 9.17) is 33.0 Å². The Bertz CT molecular complexity index is 714. The first-order chi connectivity index (χ1) is 12.3. The zero-order chi connectivity index (χ0) is 21.0. The quantitative estimate of drug-likeness (QED) is 0.414. The molecule has 1 rings (SSSR count). The van der Waals surface area contributed by atoms with Crippen LogP contribution in [0.1, 0.15) is 27.2 Å². The van der Waals surface area contributed by atoms with Crippen molar-refractivity contribution in [2.75, 3.05) is 5.43 Å². The third-order valence-electron chi connectivity index (χ3n) is 3.52. The molecule has 2 atom stereocenters. The molecule has 0 aliphatic carbocycles. The first kappa shape index (κ1) is 23.3. The summed E-state index contributed by atoms with van der Waals surface area (Å²) in [6.45, 7) is 4.70. The van der Waals surface area contributed by atoms with Gasteiger partial charge >= 0.3 is 12.1 Å². The van der Waals surface area contributed by atoms with E-state index in [0.717, 1.165) is 0 Å². The lowest BCUT2D eigenvalue weighted by Gasteiger charge is -2.31. The molecule has 0 spiro atoms. The first-order valence-electron chi connectivity index (χ1n) is 7.81. The molecule has 0 aliphatic heterocycles. The van der Waals surface area contributed by atoms with Gasteiger partial charge in [-0.1, -0.05) is 30.1 Å². The number of carbonyl (C=O) groups is 1. The van der Waals surface area contributed by atoms with Gasteiger partial charge in [0.1, 0.15) is 5.75 Å². The molecule has 0 saturated heterocycles. The minimum Gasteiger partial charge on any atom is -0.489 e. The minimum absolute atomic E-state index is 0.0362. The highest BCUT2D eigenvalue weighted by molar-refractivity contribution is 6.37. The predicted octanol–water partition coefficient (Wildman–Crippen LogP) is 4.58. The molecule has 27 heavy (non-hydrogen) atoms. The maximum Gasteiger partial charge on any atom is 0.423 e. The summed E-state index contributed by atoms with van der Waals surface area (Å²) in [5.41, 5.74) is -1.37. The molecule has 0 amide bonds. The van der Waals surface area contributed by atoms with Gasteiger partial charge in [0.25, 0.3) is 0 Å². The summed E-state index contributed by atoms with van der Waals surface area (Å²) in [5, 5.41) is 22.5. The van der Waals surface area contributed by atoms with Crippen molar-refractivity contribution >= 4 is 41.1 Å². The highest BCUT2D eigenvalue weighted by Gasteiger charge is 2.59.